The van der Waals surface area contributed by atoms with Gasteiger partial charge in [-0.15, -0.1) is 0 Å². The van der Waals surface area contributed by atoms with Crippen molar-refractivity contribution in [2.45, 2.75) is 0 Å². The van der Waals surface area contributed by atoms with Crippen molar-refractivity contribution >= 4 is 20.0 Å². The topological polar surface area (TPSA) is 72.8 Å². The van der Waals surface area contributed by atoms with Crippen LogP contribution in [0.4, 0.5) is 0 Å². The quantitative estimate of drug-likeness (QED) is 0.276. The van der Waals surface area contributed by atoms with Crippen LogP contribution in [-0.4, -0.2) is 15.6 Å². The van der Waals surface area contributed by atoms with Crippen molar-refractivity contribution in [2.75, 3.05) is 6.79 Å². The standard InChI is InChI=1S/CH3O5PS/c2-7-5-1-6-8(3)4/h1H2,(H,3,4). The van der Waals surface area contributed by atoms with Gasteiger partial charge in [-0.25, -0.2) is 8.75 Å². The van der Waals surface area contributed by atoms with Crippen LogP contribution in [0, 0.1) is 0 Å². The minimum Gasteiger partial charge on any atom is -0.284 e. The first-order valence-electron chi connectivity index (χ1n) is 1.46. The fourth-order valence-corrected chi connectivity index (χ4v) is 0.382. The van der Waals surface area contributed by atoms with Crippen LogP contribution in [0.1, 0.15) is 0 Å². The van der Waals surface area contributed by atoms with E-state index >= 15 is 0 Å². The van der Waals surface area contributed by atoms with Gasteiger partial charge in [0, 0.05) is 0 Å². The third kappa shape index (κ3) is 6.13. The van der Waals surface area contributed by atoms with Gasteiger partial charge in [-0.1, -0.05) is 0 Å². The predicted molar refractivity (Wildman–Crippen MR) is 25.4 cm³/mol. The lowest BCUT2D eigenvalue weighted by Crippen LogP contribution is -1.95. The predicted octanol–water partition coefficient (Wildman–Crippen LogP) is 0.320. The zero-order valence-electron chi connectivity index (χ0n) is 3.64. The van der Waals surface area contributed by atoms with E-state index in [0.29, 0.717) is 0 Å². The first-order chi connectivity index (χ1) is 3.77. The molecule has 0 aromatic heterocycles. The number of hydrogen-bond acceptors (Lipinski definition) is 4. The molecule has 0 aliphatic carbocycles. The van der Waals surface area contributed by atoms with E-state index in [0.717, 1.165) is 0 Å². The maximum atomic E-state index is 9.58. The van der Waals surface area contributed by atoms with Crippen LogP contribution in [0.3, 0.4) is 0 Å². The van der Waals surface area contributed by atoms with E-state index in [1.54, 1.807) is 0 Å². The lowest BCUT2D eigenvalue weighted by molar-refractivity contribution is 0.137. The summed E-state index contributed by atoms with van der Waals surface area (Å²) in [5.41, 5.74) is 0. The first kappa shape index (κ1) is 8.13. The maximum Gasteiger partial charge on any atom is 0.329 e. The Kier molecular flexibility index (Phi) is 5.36. The Morgan fingerprint density at radius 3 is 2.75 bits per heavy atom. The van der Waals surface area contributed by atoms with Crippen LogP contribution in [0.25, 0.3) is 0 Å². The summed E-state index contributed by atoms with van der Waals surface area (Å²) >= 11 is -2.34. The molecule has 5 nitrogen and oxygen atoms in total. The summed E-state index contributed by atoms with van der Waals surface area (Å²) < 4.78 is 34.7. The van der Waals surface area contributed by atoms with Gasteiger partial charge in [-0.3, -0.25) is 9.08 Å². The van der Waals surface area contributed by atoms with Crippen molar-refractivity contribution in [2.24, 2.45) is 0 Å². The smallest absolute Gasteiger partial charge is 0.284 e. The van der Waals surface area contributed by atoms with Gasteiger partial charge in [0.15, 0.2) is 6.79 Å². The van der Waals surface area contributed by atoms with Gasteiger partial charge in [-0.05, 0) is 0 Å². The zero-order valence-corrected chi connectivity index (χ0v) is 5.35. The van der Waals surface area contributed by atoms with E-state index in [9.17, 15) is 8.77 Å². The Hall–Kier alpha value is 0.130. The van der Waals surface area contributed by atoms with Crippen LogP contribution in [0.2, 0.25) is 0 Å². The second kappa shape index (κ2) is 5.27. The Morgan fingerprint density at radius 2 is 2.38 bits per heavy atom. The summed E-state index contributed by atoms with van der Waals surface area (Å²) in [6.45, 7) is -0.450. The minimum atomic E-state index is -2.34. The molecule has 0 saturated carbocycles. The van der Waals surface area contributed by atoms with Crippen LogP contribution >= 0.6 is 8.69 Å². The Bertz CT molecular complexity index is 92.4. The molecule has 0 bridgehead atoms. The molecule has 1 atom stereocenters. The van der Waals surface area contributed by atoms with Crippen molar-refractivity contribution in [1.82, 2.24) is 0 Å². The van der Waals surface area contributed by atoms with E-state index in [2.05, 4.69) is 8.71 Å². The highest BCUT2D eigenvalue weighted by atomic mass is 32.2. The summed E-state index contributed by atoms with van der Waals surface area (Å²) in [7, 11) is -0.570. The molecule has 0 rings (SSSR count). The minimum absolute atomic E-state index is 0.450. The van der Waals surface area contributed by atoms with Crippen molar-refractivity contribution in [1.29, 1.82) is 0 Å². The molecular weight excluding hydrogens is 155 g/mol. The average molecular weight is 158 g/mol. The molecule has 0 radical (unpaired) electrons. The van der Waals surface area contributed by atoms with Gasteiger partial charge in [0.25, 0.3) is 0 Å². The molecule has 0 fully saturated rings. The van der Waals surface area contributed by atoms with Gasteiger partial charge >= 0.3 is 20.0 Å². The summed E-state index contributed by atoms with van der Waals surface area (Å²) in [4.78, 5) is 0. The highest BCUT2D eigenvalue weighted by Gasteiger charge is 1.89. The molecule has 1 unspecified atom stereocenters. The normalized spacial score (nSPS) is 14.1. The lowest BCUT2D eigenvalue weighted by Gasteiger charge is -1.89. The third-order valence-electron chi connectivity index (χ3n) is 0.254. The van der Waals surface area contributed by atoms with Crippen LogP contribution in [-0.2, 0) is 24.6 Å². The number of hydrogen-bond donors (Lipinski definition) is 1. The van der Waals surface area contributed by atoms with Gasteiger partial charge in [0.2, 0.25) is 0 Å². The van der Waals surface area contributed by atoms with E-state index in [1.807, 2.05) is 0 Å². The van der Waals surface area contributed by atoms with Crippen molar-refractivity contribution < 1.29 is 22.0 Å². The summed E-state index contributed by atoms with van der Waals surface area (Å²) in [5.74, 6) is 0. The number of rotatable bonds is 4. The maximum absolute atomic E-state index is 9.58. The fraction of sp³-hybridized carbons (Fsp3) is 1.00. The van der Waals surface area contributed by atoms with E-state index in [1.165, 1.54) is 0 Å². The fourth-order valence-electron chi connectivity index (χ4n) is 0.0842. The molecular formula is CH3O5PS. The summed E-state index contributed by atoms with van der Waals surface area (Å²) in [6.07, 6.45) is 0. The molecule has 0 spiro atoms. The molecule has 0 aromatic rings. The summed E-state index contributed by atoms with van der Waals surface area (Å²) in [6, 6.07) is 0. The largest absolute Gasteiger partial charge is 0.329 e. The van der Waals surface area contributed by atoms with Gasteiger partial charge in [-0.2, -0.15) is 4.21 Å². The highest BCUT2D eigenvalue weighted by molar-refractivity contribution is 7.74. The summed E-state index contributed by atoms with van der Waals surface area (Å²) in [5, 5.41) is 0. The van der Waals surface area contributed by atoms with Crippen molar-refractivity contribution in [3.63, 3.8) is 0 Å². The van der Waals surface area contributed by atoms with Gasteiger partial charge in [0.1, 0.15) is 0 Å². The molecule has 0 amide bonds. The Morgan fingerprint density at radius 1 is 1.75 bits per heavy atom. The molecule has 8 heavy (non-hydrogen) atoms. The lowest BCUT2D eigenvalue weighted by atomic mass is 11.6. The second-order valence-corrected chi connectivity index (χ2v) is 1.73. The van der Waals surface area contributed by atoms with Crippen LogP contribution in [0.15, 0.2) is 0 Å². The van der Waals surface area contributed by atoms with E-state index in [4.69, 9.17) is 4.55 Å². The average Bonchev–Trinajstić information content (AvgIpc) is 1.66. The van der Waals surface area contributed by atoms with E-state index < -0.39 is 26.8 Å². The van der Waals surface area contributed by atoms with Gasteiger partial charge in [0.05, 0.1) is 0 Å². The SMILES string of the molecule is O=POCOS(=O)O. The van der Waals surface area contributed by atoms with E-state index in [-0.39, 0.29) is 0 Å². The Balaban J connectivity index is 2.93. The van der Waals surface area contributed by atoms with Crippen molar-refractivity contribution in [3.05, 3.63) is 0 Å². The van der Waals surface area contributed by atoms with Crippen LogP contribution < -0.4 is 0 Å². The highest BCUT2D eigenvalue weighted by Crippen LogP contribution is 1.93. The molecule has 0 heterocycles. The molecule has 1 N–H and O–H groups in total. The molecule has 48 valence electrons. The Labute approximate surface area is 49.8 Å². The van der Waals surface area contributed by atoms with Crippen molar-refractivity contribution in [3.8, 4) is 0 Å². The zero-order chi connectivity index (χ0) is 6.41. The first-order valence-corrected chi connectivity index (χ1v) is 3.22. The van der Waals surface area contributed by atoms with Gasteiger partial charge < -0.3 is 0 Å². The van der Waals surface area contributed by atoms with Crippen LogP contribution in [0.5, 0.6) is 0 Å². The molecule has 7 heteroatoms. The monoisotopic (exact) mass is 158 g/mol. The molecule has 0 aromatic carbocycles. The molecule has 0 saturated heterocycles. The molecule has 0 aliphatic heterocycles. The second-order valence-electron chi connectivity index (χ2n) is 0.656. The molecule has 0 aliphatic rings. The third-order valence-corrected chi connectivity index (χ3v) is 0.763.